The summed E-state index contributed by atoms with van der Waals surface area (Å²) in [6.45, 7) is 2.29. The maximum Gasteiger partial charge on any atom is 0.0382 e. The number of likely N-dealkylation sites (N-methyl/N-ethyl adjacent to an activating group) is 1. The van der Waals surface area contributed by atoms with Gasteiger partial charge in [-0.25, -0.2) is 0 Å². The predicted molar refractivity (Wildman–Crippen MR) is 46.5 cm³/mol. The van der Waals surface area contributed by atoms with Gasteiger partial charge in [0.15, 0.2) is 0 Å². The fourth-order valence-corrected chi connectivity index (χ4v) is 2.30. The first-order valence-electron chi connectivity index (χ1n) is 4.44. The van der Waals surface area contributed by atoms with Crippen LogP contribution in [0.3, 0.4) is 0 Å². The molecule has 0 spiro atoms. The fourth-order valence-electron chi connectivity index (χ4n) is 2.30. The number of allylic oxidation sites excluding steroid dienone is 1. The van der Waals surface area contributed by atoms with Crippen molar-refractivity contribution in [3.05, 3.63) is 12.2 Å². The van der Waals surface area contributed by atoms with Crippen molar-refractivity contribution in [2.75, 3.05) is 20.1 Å². The first-order chi connectivity index (χ1) is 5.37. The molecule has 1 heterocycles. The van der Waals surface area contributed by atoms with E-state index >= 15 is 0 Å². The molecule has 0 bridgehead atoms. The second-order valence-electron chi connectivity index (χ2n) is 3.61. The average Bonchev–Trinajstić information content (AvgIpc) is 2.48. The molecule has 0 saturated carbocycles. The van der Waals surface area contributed by atoms with Crippen molar-refractivity contribution in [1.82, 2.24) is 10.6 Å². The van der Waals surface area contributed by atoms with Crippen LogP contribution in [-0.4, -0.2) is 25.7 Å². The molecule has 0 radical (unpaired) electrons. The van der Waals surface area contributed by atoms with Gasteiger partial charge in [0.05, 0.1) is 0 Å². The van der Waals surface area contributed by atoms with Gasteiger partial charge in [-0.15, -0.1) is 0 Å². The number of hydrogen-bond donors (Lipinski definition) is 2. The van der Waals surface area contributed by atoms with E-state index in [1.807, 2.05) is 0 Å². The number of fused-ring (bicyclic) bond motifs is 1. The van der Waals surface area contributed by atoms with Crippen molar-refractivity contribution < 1.29 is 0 Å². The van der Waals surface area contributed by atoms with Crippen LogP contribution in [0.15, 0.2) is 12.2 Å². The van der Waals surface area contributed by atoms with E-state index in [1.165, 1.54) is 12.8 Å². The summed E-state index contributed by atoms with van der Waals surface area (Å²) < 4.78 is 0. The van der Waals surface area contributed by atoms with Gasteiger partial charge in [0.2, 0.25) is 0 Å². The molecule has 2 unspecified atom stereocenters. The van der Waals surface area contributed by atoms with Gasteiger partial charge in [-0.05, 0) is 19.9 Å². The molecule has 2 atom stereocenters. The molecule has 1 aliphatic carbocycles. The summed E-state index contributed by atoms with van der Waals surface area (Å²) in [6.07, 6.45) is 7.20. The van der Waals surface area contributed by atoms with Crippen LogP contribution in [0.5, 0.6) is 0 Å². The zero-order valence-corrected chi connectivity index (χ0v) is 7.06. The third kappa shape index (κ3) is 1.01. The maximum atomic E-state index is 3.47. The lowest BCUT2D eigenvalue weighted by atomic mass is 9.79. The minimum atomic E-state index is 0.384. The summed E-state index contributed by atoms with van der Waals surface area (Å²) in [4.78, 5) is 0. The second kappa shape index (κ2) is 2.61. The Bertz CT molecular complexity index is 176. The first-order valence-corrected chi connectivity index (χ1v) is 4.44. The molecule has 0 aromatic heterocycles. The van der Waals surface area contributed by atoms with Crippen molar-refractivity contribution in [3.63, 3.8) is 0 Å². The Morgan fingerprint density at radius 1 is 1.64 bits per heavy atom. The monoisotopic (exact) mass is 152 g/mol. The van der Waals surface area contributed by atoms with Gasteiger partial charge in [-0.1, -0.05) is 12.2 Å². The third-order valence-corrected chi connectivity index (χ3v) is 3.14. The summed E-state index contributed by atoms with van der Waals surface area (Å²) in [5.41, 5.74) is 0.384. The quantitative estimate of drug-likeness (QED) is 0.535. The molecular formula is C9H16N2. The molecule has 2 N–H and O–H groups in total. The third-order valence-electron chi connectivity index (χ3n) is 3.14. The highest BCUT2D eigenvalue weighted by molar-refractivity contribution is 5.13. The SMILES string of the molecule is CNC12CCC=CC1CNC2. The molecule has 0 aromatic carbocycles. The van der Waals surface area contributed by atoms with Crippen molar-refractivity contribution in [2.45, 2.75) is 18.4 Å². The molecule has 2 rings (SSSR count). The van der Waals surface area contributed by atoms with Crippen LogP contribution in [0.4, 0.5) is 0 Å². The van der Waals surface area contributed by atoms with E-state index in [0.29, 0.717) is 5.54 Å². The second-order valence-corrected chi connectivity index (χ2v) is 3.61. The van der Waals surface area contributed by atoms with Crippen LogP contribution >= 0.6 is 0 Å². The minimum Gasteiger partial charge on any atom is -0.314 e. The topological polar surface area (TPSA) is 24.1 Å². The number of nitrogens with one attached hydrogen (secondary N) is 2. The zero-order chi connectivity index (χ0) is 7.73. The zero-order valence-electron chi connectivity index (χ0n) is 7.06. The summed E-state index contributed by atoms with van der Waals surface area (Å²) in [6, 6.07) is 0. The van der Waals surface area contributed by atoms with Crippen LogP contribution < -0.4 is 10.6 Å². The molecule has 2 aliphatic rings. The smallest absolute Gasteiger partial charge is 0.0382 e. The van der Waals surface area contributed by atoms with E-state index in [2.05, 4.69) is 29.8 Å². The van der Waals surface area contributed by atoms with Gasteiger partial charge in [0, 0.05) is 24.5 Å². The Kier molecular flexibility index (Phi) is 1.74. The Morgan fingerprint density at radius 3 is 3.27 bits per heavy atom. The van der Waals surface area contributed by atoms with Gasteiger partial charge >= 0.3 is 0 Å². The molecule has 2 heteroatoms. The molecular weight excluding hydrogens is 136 g/mol. The van der Waals surface area contributed by atoms with Crippen molar-refractivity contribution >= 4 is 0 Å². The molecule has 2 nitrogen and oxygen atoms in total. The summed E-state index contributed by atoms with van der Waals surface area (Å²) in [7, 11) is 2.08. The normalized spacial score (nSPS) is 42.5. The first kappa shape index (κ1) is 7.32. The van der Waals surface area contributed by atoms with E-state index in [-0.39, 0.29) is 0 Å². The van der Waals surface area contributed by atoms with Crippen LogP contribution in [0.25, 0.3) is 0 Å². The summed E-state index contributed by atoms with van der Waals surface area (Å²) >= 11 is 0. The molecule has 62 valence electrons. The lowest BCUT2D eigenvalue weighted by Gasteiger charge is -2.35. The van der Waals surface area contributed by atoms with Gasteiger partial charge < -0.3 is 10.6 Å². The molecule has 11 heavy (non-hydrogen) atoms. The highest BCUT2D eigenvalue weighted by Gasteiger charge is 2.40. The van der Waals surface area contributed by atoms with E-state index in [1.54, 1.807) is 0 Å². The van der Waals surface area contributed by atoms with Gasteiger partial charge in [-0.3, -0.25) is 0 Å². The van der Waals surface area contributed by atoms with E-state index in [4.69, 9.17) is 0 Å². The van der Waals surface area contributed by atoms with Crippen molar-refractivity contribution in [3.8, 4) is 0 Å². The average molecular weight is 152 g/mol. The number of rotatable bonds is 1. The molecule has 1 saturated heterocycles. The molecule has 1 aliphatic heterocycles. The van der Waals surface area contributed by atoms with Crippen LogP contribution in [-0.2, 0) is 0 Å². The van der Waals surface area contributed by atoms with Crippen LogP contribution in [0.2, 0.25) is 0 Å². The predicted octanol–water partition coefficient (Wildman–Crippen LogP) is 0.514. The number of hydrogen-bond acceptors (Lipinski definition) is 2. The van der Waals surface area contributed by atoms with Crippen molar-refractivity contribution in [2.24, 2.45) is 5.92 Å². The lowest BCUT2D eigenvalue weighted by molar-refractivity contribution is 0.294. The van der Waals surface area contributed by atoms with E-state index in [9.17, 15) is 0 Å². The Morgan fingerprint density at radius 2 is 2.55 bits per heavy atom. The highest BCUT2D eigenvalue weighted by Crippen LogP contribution is 2.31. The Labute approximate surface area is 68.1 Å². The van der Waals surface area contributed by atoms with E-state index < -0.39 is 0 Å². The maximum absolute atomic E-state index is 3.47. The minimum absolute atomic E-state index is 0.384. The van der Waals surface area contributed by atoms with Crippen LogP contribution in [0.1, 0.15) is 12.8 Å². The Balaban J connectivity index is 2.21. The van der Waals surface area contributed by atoms with Gasteiger partial charge in [0.1, 0.15) is 0 Å². The fraction of sp³-hybridized carbons (Fsp3) is 0.778. The van der Waals surface area contributed by atoms with Crippen molar-refractivity contribution in [1.29, 1.82) is 0 Å². The Hall–Kier alpha value is -0.340. The summed E-state index contributed by atoms with van der Waals surface area (Å²) in [5, 5.41) is 6.91. The largest absolute Gasteiger partial charge is 0.314 e. The molecule has 0 aromatic rings. The lowest BCUT2D eigenvalue weighted by Crippen LogP contribution is -2.50. The molecule has 1 fully saturated rings. The standard InChI is InChI=1S/C9H16N2/c1-10-9-5-3-2-4-8(9)6-11-7-9/h2,4,8,10-11H,3,5-7H2,1H3. The summed E-state index contributed by atoms with van der Waals surface area (Å²) in [5.74, 6) is 0.723. The van der Waals surface area contributed by atoms with Gasteiger partial charge in [0.25, 0.3) is 0 Å². The van der Waals surface area contributed by atoms with Gasteiger partial charge in [-0.2, -0.15) is 0 Å². The van der Waals surface area contributed by atoms with E-state index in [0.717, 1.165) is 19.0 Å². The van der Waals surface area contributed by atoms with Crippen LogP contribution in [0, 0.1) is 5.92 Å². The highest BCUT2D eigenvalue weighted by atomic mass is 15.1. The molecule has 0 amide bonds.